The third-order valence-electron chi connectivity index (χ3n) is 1.57. The van der Waals surface area contributed by atoms with Crippen molar-refractivity contribution in [2.45, 2.75) is 0 Å². The minimum Gasteiger partial charge on any atom is -0.356 e. The maximum atomic E-state index is 13.0. The van der Waals surface area contributed by atoms with Gasteiger partial charge < -0.3 is 5.32 Å². The number of halogens is 1. The van der Waals surface area contributed by atoms with Crippen LogP contribution in [0, 0.1) is 5.82 Å². The smallest absolute Gasteiger partial charge is 0.243 e. The minimum atomic E-state index is -0.331. The number of benzene rings is 1. The Hall–Kier alpha value is -1.64. The summed E-state index contributed by atoms with van der Waals surface area (Å²) in [6.45, 7) is 0. The van der Waals surface area contributed by atoms with Crippen LogP contribution in [-0.4, -0.2) is 13.0 Å². The number of carbonyl (C=O) groups excluding carboxylic acids is 1. The van der Waals surface area contributed by atoms with E-state index in [1.807, 2.05) is 0 Å². The first-order valence-electron chi connectivity index (χ1n) is 3.88. The second-order valence-electron chi connectivity index (χ2n) is 2.47. The second kappa shape index (κ2) is 4.40. The van der Waals surface area contributed by atoms with Gasteiger partial charge in [-0.25, -0.2) is 4.39 Å². The summed E-state index contributed by atoms with van der Waals surface area (Å²) in [6.07, 6.45) is 2.73. The van der Waals surface area contributed by atoms with Crippen molar-refractivity contribution < 1.29 is 9.18 Å². The van der Waals surface area contributed by atoms with Crippen LogP contribution in [0.1, 0.15) is 5.56 Å². The van der Waals surface area contributed by atoms with Gasteiger partial charge in [0, 0.05) is 18.7 Å². The largest absolute Gasteiger partial charge is 0.356 e. The van der Waals surface area contributed by atoms with E-state index in [-0.39, 0.29) is 11.7 Å². The third kappa shape index (κ3) is 2.71. The van der Waals surface area contributed by atoms with Gasteiger partial charge in [-0.05, 0) is 12.1 Å². The molecule has 0 fully saturated rings. The summed E-state index contributed by atoms with van der Waals surface area (Å²) in [5, 5.41) is 2.41. The molecule has 1 aromatic carbocycles. The fourth-order valence-corrected chi connectivity index (χ4v) is 0.859. The van der Waals surface area contributed by atoms with E-state index in [4.69, 9.17) is 0 Å². The zero-order valence-corrected chi connectivity index (χ0v) is 7.25. The van der Waals surface area contributed by atoms with Crippen LogP contribution < -0.4 is 5.32 Å². The molecular weight excluding hydrogens is 169 g/mol. The lowest BCUT2D eigenvalue weighted by atomic mass is 10.2. The fourth-order valence-electron chi connectivity index (χ4n) is 0.859. The van der Waals surface area contributed by atoms with E-state index in [9.17, 15) is 9.18 Å². The van der Waals surface area contributed by atoms with E-state index in [2.05, 4.69) is 5.32 Å². The van der Waals surface area contributed by atoms with E-state index in [0.29, 0.717) is 5.56 Å². The zero-order chi connectivity index (χ0) is 9.68. The summed E-state index contributed by atoms with van der Waals surface area (Å²) >= 11 is 0. The van der Waals surface area contributed by atoms with Gasteiger partial charge in [-0.3, -0.25) is 4.79 Å². The van der Waals surface area contributed by atoms with Gasteiger partial charge >= 0.3 is 0 Å². The number of nitrogens with one attached hydrogen (secondary N) is 1. The molecule has 13 heavy (non-hydrogen) atoms. The van der Waals surface area contributed by atoms with Gasteiger partial charge in [-0.2, -0.15) is 0 Å². The number of likely N-dealkylation sites (N-methyl/N-ethyl adjacent to an activating group) is 1. The topological polar surface area (TPSA) is 29.1 Å². The van der Waals surface area contributed by atoms with Gasteiger partial charge in [0.2, 0.25) is 5.91 Å². The summed E-state index contributed by atoms with van der Waals surface area (Å²) in [6, 6.07) is 6.28. The SMILES string of the molecule is CNC(=O)/C=C/c1ccccc1F. The Morgan fingerprint density at radius 3 is 2.77 bits per heavy atom. The molecule has 0 aliphatic rings. The number of amides is 1. The van der Waals surface area contributed by atoms with Gasteiger partial charge in [0.1, 0.15) is 5.82 Å². The first kappa shape index (κ1) is 9.45. The normalized spacial score (nSPS) is 10.3. The molecule has 0 unspecified atom stereocenters. The molecule has 0 heterocycles. The first-order valence-corrected chi connectivity index (χ1v) is 3.88. The maximum absolute atomic E-state index is 13.0. The van der Waals surface area contributed by atoms with Crippen LogP contribution in [0.25, 0.3) is 6.08 Å². The first-order chi connectivity index (χ1) is 6.24. The molecule has 0 saturated heterocycles. The molecule has 68 valence electrons. The van der Waals surface area contributed by atoms with Crippen LogP contribution >= 0.6 is 0 Å². The van der Waals surface area contributed by atoms with E-state index in [1.165, 1.54) is 25.3 Å². The van der Waals surface area contributed by atoms with Gasteiger partial charge in [-0.1, -0.05) is 18.2 Å². The van der Waals surface area contributed by atoms with E-state index < -0.39 is 0 Å². The van der Waals surface area contributed by atoms with E-state index in [1.54, 1.807) is 18.2 Å². The quantitative estimate of drug-likeness (QED) is 0.686. The fraction of sp³-hybridized carbons (Fsp3) is 0.100. The molecule has 0 atom stereocenters. The Kier molecular flexibility index (Phi) is 3.20. The van der Waals surface area contributed by atoms with Crippen LogP contribution in [0.15, 0.2) is 30.3 Å². The van der Waals surface area contributed by atoms with Gasteiger partial charge in [-0.15, -0.1) is 0 Å². The third-order valence-corrected chi connectivity index (χ3v) is 1.57. The van der Waals surface area contributed by atoms with Crippen molar-refractivity contribution in [3.8, 4) is 0 Å². The molecule has 0 spiro atoms. The molecular formula is C10H10FNO. The van der Waals surface area contributed by atoms with Crippen molar-refractivity contribution in [3.63, 3.8) is 0 Å². The van der Waals surface area contributed by atoms with Crippen molar-refractivity contribution in [1.29, 1.82) is 0 Å². The highest BCUT2D eigenvalue weighted by molar-refractivity contribution is 5.91. The summed E-state index contributed by atoms with van der Waals surface area (Å²) in [5.74, 6) is -0.578. The number of carbonyl (C=O) groups is 1. The average Bonchev–Trinajstić information content (AvgIpc) is 2.16. The molecule has 0 aromatic heterocycles. The van der Waals surface area contributed by atoms with Gasteiger partial charge in [0.25, 0.3) is 0 Å². The van der Waals surface area contributed by atoms with Crippen molar-refractivity contribution in [2.75, 3.05) is 7.05 Å². The van der Waals surface area contributed by atoms with Crippen LogP contribution in [-0.2, 0) is 4.79 Å². The molecule has 0 aliphatic carbocycles. The molecule has 0 radical (unpaired) electrons. The summed E-state index contributed by atoms with van der Waals surface area (Å²) in [4.78, 5) is 10.8. The molecule has 1 amide bonds. The van der Waals surface area contributed by atoms with E-state index >= 15 is 0 Å². The van der Waals surface area contributed by atoms with Gasteiger partial charge in [0.05, 0.1) is 0 Å². The van der Waals surface area contributed by atoms with Crippen LogP contribution in [0.5, 0.6) is 0 Å². The number of hydrogen-bond donors (Lipinski definition) is 1. The Morgan fingerprint density at radius 1 is 1.46 bits per heavy atom. The molecule has 0 saturated carbocycles. The predicted molar refractivity (Wildman–Crippen MR) is 49.5 cm³/mol. The van der Waals surface area contributed by atoms with Crippen LogP contribution in [0.3, 0.4) is 0 Å². The van der Waals surface area contributed by atoms with Crippen molar-refractivity contribution in [2.24, 2.45) is 0 Å². The lowest BCUT2D eigenvalue weighted by molar-refractivity contribution is -0.115. The van der Waals surface area contributed by atoms with Crippen molar-refractivity contribution in [1.82, 2.24) is 5.32 Å². The number of rotatable bonds is 2. The summed E-state index contributed by atoms with van der Waals surface area (Å²) in [7, 11) is 1.52. The molecule has 3 heteroatoms. The zero-order valence-electron chi connectivity index (χ0n) is 7.25. The average molecular weight is 179 g/mol. The molecule has 1 N–H and O–H groups in total. The number of hydrogen-bond acceptors (Lipinski definition) is 1. The highest BCUT2D eigenvalue weighted by Crippen LogP contribution is 2.07. The summed E-state index contributed by atoms with van der Waals surface area (Å²) in [5.41, 5.74) is 0.408. The monoisotopic (exact) mass is 179 g/mol. The minimum absolute atomic E-state index is 0.247. The molecule has 1 rings (SSSR count). The highest BCUT2D eigenvalue weighted by Gasteiger charge is 1.95. The highest BCUT2D eigenvalue weighted by atomic mass is 19.1. The van der Waals surface area contributed by atoms with Crippen LogP contribution in [0.2, 0.25) is 0 Å². The van der Waals surface area contributed by atoms with Crippen LogP contribution in [0.4, 0.5) is 4.39 Å². The molecule has 1 aromatic rings. The second-order valence-corrected chi connectivity index (χ2v) is 2.47. The predicted octanol–water partition coefficient (Wildman–Crippen LogP) is 1.58. The standard InChI is InChI=1S/C10H10FNO/c1-12-10(13)7-6-8-4-2-3-5-9(8)11/h2-7H,1H3,(H,12,13)/b7-6+. The van der Waals surface area contributed by atoms with Crippen molar-refractivity contribution >= 4 is 12.0 Å². The summed E-state index contributed by atoms with van der Waals surface area (Å²) < 4.78 is 13.0. The Morgan fingerprint density at radius 2 is 2.15 bits per heavy atom. The lowest BCUT2D eigenvalue weighted by Crippen LogP contribution is -2.13. The molecule has 0 aliphatic heterocycles. The maximum Gasteiger partial charge on any atom is 0.243 e. The van der Waals surface area contributed by atoms with Crippen molar-refractivity contribution in [3.05, 3.63) is 41.7 Å². The van der Waals surface area contributed by atoms with E-state index in [0.717, 1.165) is 0 Å². The molecule has 0 bridgehead atoms. The Bertz CT molecular complexity index is 333. The Balaban J connectivity index is 2.80. The lowest BCUT2D eigenvalue weighted by Gasteiger charge is -1.94. The Labute approximate surface area is 76.1 Å². The van der Waals surface area contributed by atoms with Gasteiger partial charge in [0.15, 0.2) is 0 Å². The molecule has 2 nitrogen and oxygen atoms in total.